The number of unbranched alkanes of at least 4 members (excludes halogenated alkanes) is 2. The van der Waals surface area contributed by atoms with Crippen LogP contribution in [0.5, 0.6) is 0 Å². The van der Waals surface area contributed by atoms with Gasteiger partial charge in [-0.15, -0.1) is 0 Å². The summed E-state index contributed by atoms with van der Waals surface area (Å²) in [6.45, 7) is 7.60. The van der Waals surface area contributed by atoms with E-state index in [2.05, 4.69) is 44.9 Å². The average molecular weight is 224 g/mol. The molecule has 16 heavy (non-hydrogen) atoms. The first-order chi connectivity index (χ1) is 7.67. The van der Waals surface area contributed by atoms with Crippen molar-refractivity contribution in [3.05, 3.63) is 23.5 Å². The number of nitrogens with zero attached hydrogens (tertiary/aromatic N) is 1. The van der Waals surface area contributed by atoms with E-state index in [1.54, 1.807) is 0 Å². The molecule has 0 aliphatic carbocycles. The van der Waals surface area contributed by atoms with Crippen LogP contribution in [0.25, 0.3) is 0 Å². The minimum atomic E-state index is 0.920. The molecule has 0 atom stereocenters. The predicted octanol–water partition coefficient (Wildman–Crippen LogP) is 3.65. The summed E-state index contributed by atoms with van der Waals surface area (Å²) in [5.41, 5.74) is 8.19. The predicted molar refractivity (Wildman–Crippen MR) is 73.1 cm³/mol. The summed E-state index contributed by atoms with van der Waals surface area (Å²) >= 11 is 0. The van der Waals surface area contributed by atoms with Crippen LogP contribution in [0.2, 0.25) is 0 Å². The lowest BCUT2D eigenvalue weighted by molar-refractivity contribution is 0.405. The highest BCUT2D eigenvalue weighted by Crippen LogP contribution is 2.12. The number of nitrogens with two attached hydrogens (primary N) is 1. The van der Waals surface area contributed by atoms with Gasteiger partial charge in [-0.3, -0.25) is 0 Å². The van der Waals surface area contributed by atoms with Crippen LogP contribution in [0.4, 0.5) is 0 Å². The Bertz CT molecular complexity index is 229. The molecular formula is C14H28N2. The molecule has 0 saturated heterocycles. The third-order valence-corrected chi connectivity index (χ3v) is 2.63. The Balaban J connectivity index is 4.42. The Morgan fingerprint density at radius 3 is 2.19 bits per heavy atom. The molecule has 94 valence electrons. The normalized spacial score (nSPS) is 13.0. The fourth-order valence-electron chi connectivity index (χ4n) is 1.73. The molecule has 0 rings (SSSR count). The van der Waals surface area contributed by atoms with Crippen LogP contribution in [-0.4, -0.2) is 18.5 Å². The van der Waals surface area contributed by atoms with Crippen LogP contribution in [0.15, 0.2) is 23.5 Å². The van der Waals surface area contributed by atoms with Crippen LogP contribution in [0.1, 0.15) is 52.9 Å². The summed E-state index contributed by atoms with van der Waals surface area (Å²) < 4.78 is 0. The zero-order valence-electron chi connectivity index (χ0n) is 11.4. The molecule has 2 nitrogen and oxygen atoms in total. The Morgan fingerprint density at radius 2 is 1.69 bits per heavy atom. The van der Waals surface area contributed by atoms with E-state index in [-0.39, 0.29) is 0 Å². The quantitative estimate of drug-likeness (QED) is 0.503. The van der Waals surface area contributed by atoms with Crippen LogP contribution in [-0.2, 0) is 0 Å². The molecule has 0 aromatic carbocycles. The molecule has 0 aliphatic heterocycles. The van der Waals surface area contributed by atoms with Crippen LogP contribution < -0.4 is 5.73 Å². The van der Waals surface area contributed by atoms with Crippen molar-refractivity contribution < 1.29 is 0 Å². The molecule has 0 radical (unpaired) electrons. The molecule has 2 heteroatoms. The molecule has 0 aromatic rings. The van der Waals surface area contributed by atoms with Crippen LogP contribution in [0, 0.1) is 0 Å². The Kier molecular flexibility index (Phi) is 8.78. The van der Waals surface area contributed by atoms with E-state index in [9.17, 15) is 0 Å². The maximum atomic E-state index is 6.07. The van der Waals surface area contributed by atoms with Crippen molar-refractivity contribution >= 4 is 0 Å². The second-order valence-electron chi connectivity index (χ2n) is 4.19. The number of rotatable bonds is 8. The average Bonchev–Trinajstić information content (AvgIpc) is 2.26. The summed E-state index contributed by atoms with van der Waals surface area (Å²) in [5, 5.41) is 0. The topological polar surface area (TPSA) is 29.3 Å². The number of hydrogen-bond donors (Lipinski definition) is 1. The lowest BCUT2D eigenvalue weighted by Crippen LogP contribution is -2.23. The van der Waals surface area contributed by atoms with E-state index in [4.69, 9.17) is 5.73 Å². The van der Waals surface area contributed by atoms with Gasteiger partial charge in [0.05, 0.1) is 11.4 Å². The molecule has 0 heterocycles. The maximum Gasteiger partial charge on any atom is 0.0553 e. The minimum absolute atomic E-state index is 0.920. The van der Waals surface area contributed by atoms with Gasteiger partial charge < -0.3 is 10.6 Å². The lowest BCUT2D eigenvalue weighted by Gasteiger charge is -2.23. The zero-order valence-corrected chi connectivity index (χ0v) is 11.4. The molecule has 0 aromatic heterocycles. The first-order valence-electron chi connectivity index (χ1n) is 6.54. The SMILES string of the molecule is CC/C=C(N)\C(=C/CC)N(C)CCCCC. The second-order valence-corrected chi connectivity index (χ2v) is 4.19. The van der Waals surface area contributed by atoms with Gasteiger partial charge in [-0.05, 0) is 19.3 Å². The fourth-order valence-corrected chi connectivity index (χ4v) is 1.73. The van der Waals surface area contributed by atoms with E-state index in [0.29, 0.717) is 0 Å². The number of likely N-dealkylation sites (N-methyl/N-ethyl adjacent to an activating group) is 1. The van der Waals surface area contributed by atoms with Crippen molar-refractivity contribution in [2.45, 2.75) is 52.9 Å². The number of hydrogen-bond acceptors (Lipinski definition) is 2. The van der Waals surface area contributed by atoms with Crippen molar-refractivity contribution in [3.8, 4) is 0 Å². The molecule has 0 fully saturated rings. The molecule has 0 bridgehead atoms. The summed E-state index contributed by atoms with van der Waals surface area (Å²) in [6.07, 6.45) is 10.1. The van der Waals surface area contributed by atoms with Crippen molar-refractivity contribution in [1.82, 2.24) is 4.90 Å². The molecule has 2 N–H and O–H groups in total. The standard InChI is InChI=1S/C14H28N2/c1-5-8-9-12-16(4)14(11-7-3)13(15)10-6-2/h10-11H,5-9,12,15H2,1-4H3/b13-10+,14-11+. The summed E-state index contributed by atoms with van der Waals surface area (Å²) in [6, 6.07) is 0. The van der Waals surface area contributed by atoms with Gasteiger partial charge in [0, 0.05) is 13.6 Å². The smallest absolute Gasteiger partial charge is 0.0553 e. The Morgan fingerprint density at radius 1 is 1.06 bits per heavy atom. The number of allylic oxidation sites excluding steroid dienone is 2. The first kappa shape index (κ1) is 15.1. The highest BCUT2D eigenvalue weighted by molar-refractivity contribution is 5.26. The van der Waals surface area contributed by atoms with Crippen molar-refractivity contribution in [2.75, 3.05) is 13.6 Å². The molecule has 0 amide bonds. The van der Waals surface area contributed by atoms with E-state index < -0.39 is 0 Å². The van der Waals surface area contributed by atoms with E-state index in [0.717, 1.165) is 25.1 Å². The largest absolute Gasteiger partial charge is 0.397 e. The van der Waals surface area contributed by atoms with Crippen LogP contribution >= 0.6 is 0 Å². The molecule has 0 spiro atoms. The molecular weight excluding hydrogens is 196 g/mol. The third kappa shape index (κ3) is 5.84. The summed E-state index contributed by atoms with van der Waals surface area (Å²) in [7, 11) is 2.13. The van der Waals surface area contributed by atoms with E-state index >= 15 is 0 Å². The Labute approximate surface area is 101 Å². The summed E-state index contributed by atoms with van der Waals surface area (Å²) in [5.74, 6) is 0. The van der Waals surface area contributed by atoms with Gasteiger partial charge in [0.25, 0.3) is 0 Å². The van der Waals surface area contributed by atoms with Crippen molar-refractivity contribution in [1.29, 1.82) is 0 Å². The second kappa shape index (κ2) is 9.32. The van der Waals surface area contributed by atoms with Gasteiger partial charge >= 0.3 is 0 Å². The van der Waals surface area contributed by atoms with E-state index in [1.165, 1.54) is 25.0 Å². The van der Waals surface area contributed by atoms with Crippen LogP contribution in [0.3, 0.4) is 0 Å². The van der Waals surface area contributed by atoms with Gasteiger partial charge in [0.2, 0.25) is 0 Å². The van der Waals surface area contributed by atoms with Crippen molar-refractivity contribution in [3.63, 3.8) is 0 Å². The highest BCUT2D eigenvalue weighted by Gasteiger charge is 2.05. The van der Waals surface area contributed by atoms with Gasteiger partial charge in [-0.25, -0.2) is 0 Å². The Hall–Kier alpha value is -0.920. The maximum absolute atomic E-state index is 6.07. The third-order valence-electron chi connectivity index (χ3n) is 2.63. The van der Waals surface area contributed by atoms with Gasteiger partial charge in [-0.1, -0.05) is 45.8 Å². The molecule has 0 aliphatic rings. The minimum Gasteiger partial charge on any atom is -0.397 e. The van der Waals surface area contributed by atoms with Crippen molar-refractivity contribution in [2.24, 2.45) is 5.73 Å². The monoisotopic (exact) mass is 224 g/mol. The molecule has 0 unspecified atom stereocenters. The first-order valence-corrected chi connectivity index (χ1v) is 6.54. The zero-order chi connectivity index (χ0) is 12.4. The fraction of sp³-hybridized carbons (Fsp3) is 0.714. The molecule has 0 saturated carbocycles. The summed E-state index contributed by atoms with van der Waals surface area (Å²) in [4.78, 5) is 2.28. The van der Waals surface area contributed by atoms with Gasteiger partial charge in [0.1, 0.15) is 0 Å². The van der Waals surface area contributed by atoms with E-state index in [1.807, 2.05) is 0 Å². The van der Waals surface area contributed by atoms with Gasteiger partial charge in [0.15, 0.2) is 0 Å². The van der Waals surface area contributed by atoms with Gasteiger partial charge in [-0.2, -0.15) is 0 Å². The lowest BCUT2D eigenvalue weighted by atomic mass is 10.2. The highest BCUT2D eigenvalue weighted by atomic mass is 15.1.